The minimum atomic E-state index is -3.33. The van der Waals surface area contributed by atoms with Gasteiger partial charge in [0.25, 0.3) is 0 Å². The van der Waals surface area contributed by atoms with Crippen LogP contribution < -0.4 is 0 Å². The van der Waals surface area contributed by atoms with E-state index in [4.69, 9.17) is 11.6 Å². The Kier molecular flexibility index (Phi) is 4.59. The third-order valence-corrected chi connectivity index (χ3v) is 7.05. The molecule has 5 heteroatoms. The number of nitrogens with zero attached hydrogens (tertiary/aromatic N) is 1. The van der Waals surface area contributed by atoms with Crippen molar-refractivity contribution in [3.05, 3.63) is 63.8 Å². The molecule has 0 saturated heterocycles. The first-order valence-electron chi connectivity index (χ1n) is 9.39. The lowest BCUT2D eigenvalue weighted by molar-refractivity contribution is 0.597. The molecule has 2 aromatic carbocycles. The zero-order valence-corrected chi connectivity index (χ0v) is 17.5. The topological polar surface area (TPSA) is 39.1 Å². The van der Waals surface area contributed by atoms with E-state index in [-0.39, 0.29) is 0 Å². The van der Waals surface area contributed by atoms with Gasteiger partial charge in [0.05, 0.1) is 10.4 Å². The highest BCUT2D eigenvalue weighted by atomic mass is 35.5. The van der Waals surface area contributed by atoms with Crippen molar-refractivity contribution in [1.29, 1.82) is 0 Å². The molecule has 0 saturated carbocycles. The molecule has 0 aliphatic heterocycles. The van der Waals surface area contributed by atoms with Crippen LogP contribution in [0.3, 0.4) is 0 Å². The molecule has 0 N–H and O–H groups in total. The SMILES string of the molecule is CC[C@@H]1CCc2c1n(Cc1ccc(Cl)cc1)c1c(S(C)(=O)=O)cc(C)cc21. The third-order valence-electron chi connectivity index (χ3n) is 5.69. The Morgan fingerprint density at radius 3 is 2.52 bits per heavy atom. The van der Waals surface area contributed by atoms with Crippen molar-refractivity contribution in [1.82, 2.24) is 4.57 Å². The summed E-state index contributed by atoms with van der Waals surface area (Å²) in [5.74, 6) is 0.479. The molecule has 142 valence electrons. The molecule has 4 rings (SSSR count). The van der Waals surface area contributed by atoms with Crippen LogP contribution in [0.1, 0.15) is 48.1 Å². The van der Waals surface area contributed by atoms with Gasteiger partial charge in [0.2, 0.25) is 0 Å². The van der Waals surface area contributed by atoms with Crippen LogP contribution in [0.25, 0.3) is 10.9 Å². The largest absolute Gasteiger partial charge is 0.339 e. The van der Waals surface area contributed by atoms with Gasteiger partial charge in [-0.1, -0.05) is 30.7 Å². The second kappa shape index (κ2) is 6.68. The fraction of sp³-hybridized carbons (Fsp3) is 0.364. The number of hydrogen-bond donors (Lipinski definition) is 0. The zero-order valence-electron chi connectivity index (χ0n) is 15.9. The first kappa shape index (κ1) is 18.6. The number of hydrogen-bond acceptors (Lipinski definition) is 2. The first-order chi connectivity index (χ1) is 12.8. The molecule has 0 amide bonds. The molecule has 27 heavy (non-hydrogen) atoms. The predicted octanol–water partition coefficient (Wildman–Crippen LogP) is 5.49. The fourth-order valence-corrected chi connectivity index (χ4v) is 5.57. The Bertz CT molecular complexity index is 1130. The van der Waals surface area contributed by atoms with Crippen LogP contribution >= 0.6 is 11.6 Å². The molecule has 0 radical (unpaired) electrons. The summed E-state index contributed by atoms with van der Waals surface area (Å²) in [5, 5.41) is 1.82. The molecule has 3 nitrogen and oxygen atoms in total. The Morgan fingerprint density at radius 1 is 1.19 bits per heavy atom. The predicted molar refractivity (Wildman–Crippen MR) is 112 cm³/mol. The van der Waals surface area contributed by atoms with Gasteiger partial charge in [0.1, 0.15) is 0 Å². The minimum Gasteiger partial charge on any atom is -0.339 e. The number of aryl methyl sites for hydroxylation is 2. The highest BCUT2D eigenvalue weighted by Crippen LogP contribution is 2.44. The van der Waals surface area contributed by atoms with E-state index in [1.165, 1.54) is 17.5 Å². The second-order valence-electron chi connectivity index (χ2n) is 7.65. The van der Waals surface area contributed by atoms with Crippen molar-refractivity contribution in [2.45, 2.75) is 50.5 Å². The molecule has 1 aliphatic carbocycles. The van der Waals surface area contributed by atoms with Gasteiger partial charge < -0.3 is 4.57 Å². The summed E-state index contributed by atoms with van der Waals surface area (Å²) in [6.07, 6.45) is 4.53. The van der Waals surface area contributed by atoms with Crippen LogP contribution in [0.2, 0.25) is 5.02 Å². The van der Waals surface area contributed by atoms with E-state index in [9.17, 15) is 8.42 Å². The molecule has 1 aliphatic rings. The Labute approximate surface area is 165 Å². The van der Waals surface area contributed by atoms with Crippen LogP contribution in [0.15, 0.2) is 41.3 Å². The number of aromatic nitrogens is 1. The Balaban J connectivity index is 2.04. The molecular formula is C22H24ClNO2S. The third kappa shape index (κ3) is 3.19. The lowest BCUT2D eigenvalue weighted by atomic mass is 10.0. The highest BCUT2D eigenvalue weighted by Gasteiger charge is 2.31. The highest BCUT2D eigenvalue weighted by molar-refractivity contribution is 7.91. The van der Waals surface area contributed by atoms with Gasteiger partial charge >= 0.3 is 0 Å². The van der Waals surface area contributed by atoms with Gasteiger partial charge in [0, 0.05) is 28.9 Å². The van der Waals surface area contributed by atoms with Gasteiger partial charge in [-0.3, -0.25) is 0 Å². The van der Waals surface area contributed by atoms with E-state index < -0.39 is 9.84 Å². The Hall–Kier alpha value is -1.78. The fourth-order valence-electron chi connectivity index (χ4n) is 4.48. The van der Waals surface area contributed by atoms with Gasteiger partial charge in [-0.15, -0.1) is 0 Å². The second-order valence-corrected chi connectivity index (χ2v) is 10.1. The molecule has 0 fully saturated rings. The van der Waals surface area contributed by atoms with Gasteiger partial charge in [-0.05, 0) is 73.1 Å². The summed E-state index contributed by atoms with van der Waals surface area (Å²) in [6.45, 7) is 4.85. The van der Waals surface area contributed by atoms with E-state index in [0.29, 0.717) is 22.4 Å². The van der Waals surface area contributed by atoms with Gasteiger partial charge in [-0.2, -0.15) is 0 Å². The lowest BCUT2D eigenvalue weighted by Gasteiger charge is -2.17. The molecule has 1 heterocycles. The van der Waals surface area contributed by atoms with Crippen molar-refractivity contribution in [3.8, 4) is 0 Å². The molecule has 1 aromatic heterocycles. The van der Waals surface area contributed by atoms with E-state index >= 15 is 0 Å². The standard InChI is InChI=1S/C22H24ClNO2S/c1-4-16-7-10-18-19-11-14(2)12-20(27(3,25)26)22(19)24(21(16)18)13-15-5-8-17(23)9-6-15/h5-6,8-9,11-12,16H,4,7,10,13H2,1-3H3/t16-/m1/s1. The number of sulfone groups is 1. The van der Waals surface area contributed by atoms with Crippen molar-refractivity contribution in [3.63, 3.8) is 0 Å². The van der Waals surface area contributed by atoms with E-state index in [1.807, 2.05) is 37.3 Å². The first-order valence-corrected chi connectivity index (χ1v) is 11.7. The van der Waals surface area contributed by atoms with Crippen LogP contribution in [0.4, 0.5) is 0 Å². The molecule has 0 spiro atoms. The average molecular weight is 402 g/mol. The van der Waals surface area contributed by atoms with Crippen molar-refractivity contribution in [2.24, 2.45) is 0 Å². The van der Waals surface area contributed by atoms with Crippen LogP contribution in [0.5, 0.6) is 0 Å². The van der Waals surface area contributed by atoms with Crippen LogP contribution in [0, 0.1) is 6.92 Å². The van der Waals surface area contributed by atoms with E-state index in [2.05, 4.69) is 17.6 Å². The summed E-state index contributed by atoms with van der Waals surface area (Å²) >= 11 is 6.04. The van der Waals surface area contributed by atoms with E-state index in [0.717, 1.165) is 41.3 Å². The van der Waals surface area contributed by atoms with Gasteiger partial charge in [0.15, 0.2) is 9.84 Å². The Morgan fingerprint density at radius 2 is 1.89 bits per heavy atom. The number of fused-ring (bicyclic) bond motifs is 3. The minimum absolute atomic E-state index is 0.440. The zero-order chi connectivity index (χ0) is 19.3. The summed E-state index contributed by atoms with van der Waals surface area (Å²) in [7, 11) is -3.33. The summed E-state index contributed by atoms with van der Waals surface area (Å²) in [5.41, 5.74) is 5.63. The molecule has 3 aromatic rings. The average Bonchev–Trinajstić information content (AvgIpc) is 3.15. The monoisotopic (exact) mass is 401 g/mol. The van der Waals surface area contributed by atoms with E-state index in [1.54, 1.807) is 0 Å². The van der Waals surface area contributed by atoms with Crippen molar-refractivity contribution in [2.75, 3.05) is 6.26 Å². The molecule has 0 bridgehead atoms. The van der Waals surface area contributed by atoms with Crippen LogP contribution in [-0.2, 0) is 22.8 Å². The summed E-state index contributed by atoms with van der Waals surface area (Å²) in [4.78, 5) is 0.440. The molecule has 1 atom stereocenters. The summed E-state index contributed by atoms with van der Waals surface area (Å²) in [6, 6.07) is 11.8. The maximum atomic E-state index is 12.6. The number of rotatable bonds is 4. The quantitative estimate of drug-likeness (QED) is 0.579. The van der Waals surface area contributed by atoms with Crippen LogP contribution in [-0.4, -0.2) is 19.2 Å². The maximum absolute atomic E-state index is 12.6. The van der Waals surface area contributed by atoms with Crippen molar-refractivity contribution >= 4 is 32.3 Å². The molecular weight excluding hydrogens is 378 g/mol. The lowest BCUT2D eigenvalue weighted by Crippen LogP contribution is -2.09. The van der Waals surface area contributed by atoms with Crippen molar-refractivity contribution < 1.29 is 8.42 Å². The molecule has 0 unspecified atom stereocenters. The maximum Gasteiger partial charge on any atom is 0.177 e. The number of benzene rings is 2. The summed E-state index contributed by atoms with van der Waals surface area (Å²) < 4.78 is 27.4. The number of halogens is 1. The normalized spacial score (nSPS) is 16.8. The smallest absolute Gasteiger partial charge is 0.177 e. The van der Waals surface area contributed by atoms with Gasteiger partial charge in [-0.25, -0.2) is 8.42 Å².